The summed E-state index contributed by atoms with van der Waals surface area (Å²) in [5, 5.41) is 11.3. The number of nitrogens with one attached hydrogen (secondary N) is 1. The highest BCUT2D eigenvalue weighted by atomic mass is 16.5. The van der Waals surface area contributed by atoms with E-state index in [1.165, 1.54) is 0 Å². The molecule has 0 bridgehead atoms. The fraction of sp³-hybridized carbons (Fsp3) is 0.688. The van der Waals surface area contributed by atoms with Gasteiger partial charge in [-0.1, -0.05) is 0 Å². The average Bonchev–Trinajstić information content (AvgIpc) is 2.99. The number of hydrogen-bond acceptors (Lipinski definition) is 6. The Morgan fingerprint density at radius 2 is 2.26 bits per heavy atom. The first kappa shape index (κ1) is 16.1. The van der Waals surface area contributed by atoms with Crippen LogP contribution >= 0.6 is 0 Å². The van der Waals surface area contributed by atoms with Crippen molar-refractivity contribution in [3.63, 3.8) is 0 Å². The minimum Gasteiger partial charge on any atom is -0.383 e. The first-order chi connectivity index (χ1) is 11.2. The van der Waals surface area contributed by atoms with E-state index in [9.17, 15) is 4.79 Å². The van der Waals surface area contributed by atoms with Crippen molar-refractivity contribution in [1.82, 2.24) is 15.5 Å². The maximum absolute atomic E-state index is 12.1. The lowest BCUT2D eigenvalue weighted by atomic mass is 9.98. The predicted molar refractivity (Wildman–Crippen MR) is 85.3 cm³/mol. The Hall–Kier alpha value is -1.73. The van der Waals surface area contributed by atoms with Crippen molar-refractivity contribution in [2.24, 2.45) is 0 Å². The molecule has 2 fully saturated rings. The van der Waals surface area contributed by atoms with E-state index in [0.717, 1.165) is 37.3 Å². The van der Waals surface area contributed by atoms with Crippen molar-refractivity contribution in [2.45, 2.75) is 44.4 Å². The molecule has 1 amide bonds. The van der Waals surface area contributed by atoms with Gasteiger partial charge in [-0.25, -0.2) is 0 Å². The van der Waals surface area contributed by atoms with Crippen LogP contribution in [0, 0.1) is 6.92 Å². The Balaban J connectivity index is 1.57. The highest BCUT2D eigenvalue weighted by Gasteiger charge is 2.42. The number of carbonyl (C=O) groups excluding carboxylic acids is 1. The van der Waals surface area contributed by atoms with Crippen LogP contribution in [-0.4, -0.2) is 61.2 Å². The summed E-state index contributed by atoms with van der Waals surface area (Å²) < 4.78 is 11.0. The van der Waals surface area contributed by atoms with E-state index in [1.807, 2.05) is 19.1 Å². The van der Waals surface area contributed by atoms with Crippen LogP contribution < -0.4 is 10.2 Å². The number of rotatable bonds is 5. The Labute approximate surface area is 136 Å². The SMILES string of the molecule is COCCNC(=O)[C@@H]1CC[C@H]2[C@H](CCN2c2ccc(C)nn2)O1. The molecule has 1 aromatic rings. The molecule has 0 aromatic carbocycles. The Kier molecular flexibility index (Phi) is 5.07. The average molecular weight is 320 g/mol. The van der Waals surface area contributed by atoms with Gasteiger partial charge in [0, 0.05) is 20.2 Å². The van der Waals surface area contributed by atoms with Crippen LogP contribution in [0.2, 0.25) is 0 Å². The molecular weight excluding hydrogens is 296 g/mol. The third-order valence-corrected chi connectivity index (χ3v) is 4.52. The van der Waals surface area contributed by atoms with Crippen molar-refractivity contribution in [3.8, 4) is 0 Å². The summed E-state index contributed by atoms with van der Waals surface area (Å²) in [6.45, 7) is 3.86. The molecule has 2 saturated heterocycles. The predicted octanol–water partition coefficient (Wildman–Crippen LogP) is 0.674. The molecule has 23 heavy (non-hydrogen) atoms. The van der Waals surface area contributed by atoms with E-state index in [0.29, 0.717) is 13.2 Å². The van der Waals surface area contributed by atoms with Crippen LogP contribution in [0.4, 0.5) is 5.82 Å². The van der Waals surface area contributed by atoms with Gasteiger partial charge in [0.1, 0.15) is 6.10 Å². The maximum atomic E-state index is 12.1. The monoisotopic (exact) mass is 320 g/mol. The smallest absolute Gasteiger partial charge is 0.249 e. The molecule has 1 N–H and O–H groups in total. The fourth-order valence-corrected chi connectivity index (χ4v) is 3.34. The van der Waals surface area contributed by atoms with E-state index in [-0.39, 0.29) is 24.2 Å². The summed E-state index contributed by atoms with van der Waals surface area (Å²) in [6.07, 6.45) is 2.32. The minimum absolute atomic E-state index is 0.0333. The Bertz CT molecular complexity index is 537. The number of hydrogen-bond donors (Lipinski definition) is 1. The van der Waals surface area contributed by atoms with Crippen molar-refractivity contribution >= 4 is 11.7 Å². The lowest BCUT2D eigenvalue weighted by Crippen LogP contribution is -2.48. The van der Waals surface area contributed by atoms with Crippen LogP contribution in [0.5, 0.6) is 0 Å². The second-order valence-electron chi connectivity index (χ2n) is 6.11. The molecule has 2 aliphatic heterocycles. The number of nitrogens with zero attached hydrogens (tertiary/aromatic N) is 3. The van der Waals surface area contributed by atoms with Gasteiger partial charge in [0.15, 0.2) is 5.82 Å². The summed E-state index contributed by atoms with van der Waals surface area (Å²) in [7, 11) is 1.62. The number of anilines is 1. The lowest BCUT2D eigenvalue weighted by molar-refractivity contribution is -0.141. The van der Waals surface area contributed by atoms with E-state index >= 15 is 0 Å². The summed E-state index contributed by atoms with van der Waals surface area (Å²) >= 11 is 0. The van der Waals surface area contributed by atoms with Gasteiger partial charge in [-0.2, -0.15) is 5.10 Å². The van der Waals surface area contributed by atoms with Crippen LogP contribution in [0.3, 0.4) is 0 Å². The number of ether oxygens (including phenoxy) is 2. The molecule has 7 heteroatoms. The molecule has 126 valence electrons. The van der Waals surface area contributed by atoms with Gasteiger partial charge in [0.2, 0.25) is 5.91 Å². The number of carbonyl (C=O) groups is 1. The third kappa shape index (κ3) is 3.61. The second-order valence-corrected chi connectivity index (χ2v) is 6.11. The van der Waals surface area contributed by atoms with Gasteiger partial charge in [0.05, 0.1) is 24.4 Å². The molecule has 0 radical (unpaired) electrons. The Morgan fingerprint density at radius 1 is 1.39 bits per heavy atom. The molecular formula is C16H24N4O3. The topological polar surface area (TPSA) is 76.6 Å². The van der Waals surface area contributed by atoms with Gasteiger partial charge in [-0.3, -0.25) is 4.79 Å². The molecule has 2 aliphatic rings. The zero-order chi connectivity index (χ0) is 16.2. The molecule has 0 saturated carbocycles. The van der Waals surface area contributed by atoms with Crippen LogP contribution in [0.1, 0.15) is 25.0 Å². The molecule has 3 atom stereocenters. The third-order valence-electron chi connectivity index (χ3n) is 4.52. The van der Waals surface area contributed by atoms with Crippen LogP contribution in [-0.2, 0) is 14.3 Å². The van der Waals surface area contributed by atoms with Crippen molar-refractivity contribution < 1.29 is 14.3 Å². The van der Waals surface area contributed by atoms with Gasteiger partial charge < -0.3 is 19.7 Å². The molecule has 0 unspecified atom stereocenters. The first-order valence-corrected chi connectivity index (χ1v) is 8.18. The van der Waals surface area contributed by atoms with Crippen molar-refractivity contribution in [2.75, 3.05) is 31.7 Å². The summed E-state index contributed by atoms with van der Waals surface area (Å²) in [5.41, 5.74) is 0.914. The normalized spacial score (nSPS) is 26.9. The summed E-state index contributed by atoms with van der Waals surface area (Å²) in [6, 6.07) is 4.27. The largest absolute Gasteiger partial charge is 0.383 e. The molecule has 7 nitrogen and oxygen atoms in total. The Morgan fingerprint density at radius 3 is 3.00 bits per heavy atom. The number of fused-ring (bicyclic) bond motifs is 1. The molecule has 0 spiro atoms. The van der Waals surface area contributed by atoms with E-state index in [2.05, 4.69) is 20.4 Å². The number of aromatic nitrogens is 2. The maximum Gasteiger partial charge on any atom is 0.249 e. The van der Waals surface area contributed by atoms with E-state index in [4.69, 9.17) is 9.47 Å². The zero-order valence-corrected chi connectivity index (χ0v) is 13.7. The summed E-state index contributed by atoms with van der Waals surface area (Å²) in [5.74, 6) is 0.865. The lowest BCUT2D eigenvalue weighted by Gasteiger charge is -2.35. The quantitative estimate of drug-likeness (QED) is 0.804. The standard InChI is InChI=1S/C16H24N4O3/c1-11-3-6-15(19-18-11)20-9-7-13-12(20)4-5-14(23-13)16(21)17-8-10-22-2/h3,6,12-14H,4-5,7-10H2,1-2H3,(H,17,21)/t12-,13-,14-/m0/s1. The van der Waals surface area contributed by atoms with E-state index in [1.54, 1.807) is 7.11 Å². The summed E-state index contributed by atoms with van der Waals surface area (Å²) in [4.78, 5) is 14.4. The second kappa shape index (κ2) is 7.23. The molecule has 3 heterocycles. The molecule has 3 rings (SSSR count). The van der Waals surface area contributed by atoms with Crippen LogP contribution in [0.25, 0.3) is 0 Å². The molecule has 0 aliphatic carbocycles. The number of amides is 1. The van der Waals surface area contributed by atoms with Gasteiger partial charge in [-0.15, -0.1) is 5.10 Å². The molecule has 1 aromatic heterocycles. The highest BCUT2D eigenvalue weighted by molar-refractivity contribution is 5.80. The van der Waals surface area contributed by atoms with Crippen molar-refractivity contribution in [1.29, 1.82) is 0 Å². The minimum atomic E-state index is -0.350. The van der Waals surface area contributed by atoms with Gasteiger partial charge >= 0.3 is 0 Å². The number of aryl methyl sites for hydroxylation is 1. The fourth-order valence-electron chi connectivity index (χ4n) is 3.34. The van der Waals surface area contributed by atoms with Crippen LogP contribution in [0.15, 0.2) is 12.1 Å². The van der Waals surface area contributed by atoms with Crippen molar-refractivity contribution in [3.05, 3.63) is 17.8 Å². The highest BCUT2D eigenvalue weighted by Crippen LogP contribution is 2.33. The van der Waals surface area contributed by atoms with Gasteiger partial charge in [0.25, 0.3) is 0 Å². The first-order valence-electron chi connectivity index (χ1n) is 8.18. The zero-order valence-electron chi connectivity index (χ0n) is 13.7. The van der Waals surface area contributed by atoms with Gasteiger partial charge in [-0.05, 0) is 38.3 Å². The van der Waals surface area contributed by atoms with E-state index < -0.39 is 0 Å². The number of methoxy groups -OCH3 is 1.